The first-order valence-electron chi connectivity index (χ1n) is 9.46. The monoisotopic (exact) mass is 325 g/mol. The number of nitrogens with zero attached hydrogens (tertiary/aromatic N) is 1. The van der Waals surface area contributed by atoms with Gasteiger partial charge < -0.3 is 0 Å². The minimum Gasteiger partial charge on any atom is -0.256 e. The number of hydrogen-bond acceptors (Lipinski definition) is 1. The third-order valence-corrected chi connectivity index (χ3v) is 5.53. The Labute approximate surface area is 145 Å². The van der Waals surface area contributed by atoms with Crippen molar-refractivity contribution in [2.24, 2.45) is 5.92 Å². The summed E-state index contributed by atoms with van der Waals surface area (Å²) < 4.78 is 14.4. The van der Waals surface area contributed by atoms with Crippen LogP contribution >= 0.6 is 0 Å². The zero-order valence-electron chi connectivity index (χ0n) is 14.9. The van der Waals surface area contributed by atoms with Crippen molar-refractivity contribution in [2.75, 3.05) is 0 Å². The van der Waals surface area contributed by atoms with Crippen molar-refractivity contribution in [3.63, 3.8) is 0 Å². The van der Waals surface area contributed by atoms with Crippen LogP contribution < -0.4 is 0 Å². The maximum absolute atomic E-state index is 14.4. The van der Waals surface area contributed by atoms with Crippen LogP contribution in [-0.4, -0.2) is 4.98 Å². The van der Waals surface area contributed by atoms with Crippen molar-refractivity contribution in [2.45, 2.75) is 64.7 Å². The smallest absolute Gasteiger partial charge is 0.132 e. The molecule has 1 heterocycles. The number of benzene rings is 1. The highest BCUT2D eigenvalue weighted by molar-refractivity contribution is 5.60. The van der Waals surface area contributed by atoms with Crippen LogP contribution in [0.5, 0.6) is 0 Å². The molecule has 2 heteroatoms. The number of halogens is 1. The zero-order valence-corrected chi connectivity index (χ0v) is 14.9. The Kier molecular flexibility index (Phi) is 5.65. The fourth-order valence-electron chi connectivity index (χ4n) is 3.92. The van der Waals surface area contributed by atoms with E-state index in [9.17, 15) is 4.39 Å². The van der Waals surface area contributed by atoms with Crippen LogP contribution in [0.25, 0.3) is 11.3 Å². The van der Waals surface area contributed by atoms with E-state index in [1.807, 2.05) is 24.4 Å². The van der Waals surface area contributed by atoms with Crippen molar-refractivity contribution < 1.29 is 4.39 Å². The second-order valence-corrected chi connectivity index (χ2v) is 7.17. The Morgan fingerprint density at radius 2 is 1.83 bits per heavy atom. The van der Waals surface area contributed by atoms with Gasteiger partial charge in [0.2, 0.25) is 0 Å². The van der Waals surface area contributed by atoms with Gasteiger partial charge in [-0.1, -0.05) is 38.8 Å². The summed E-state index contributed by atoms with van der Waals surface area (Å²) in [4.78, 5) is 4.56. The molecule has 0 spiro atoms. The summed E-state index contributed by atoms with van der Waals surface area (Å²) in [6.07, 6.45) is 10.4. The Balaban J connectivity index is 1.73. The number of rotatable bonds is 5. The zero-order chi connectivity index (χ0) is 16.9. The van der Waals surface area contributed by atoms with Gasteiger partial charge in [0, 0.05) is 11.8 Å². The van der Waals surface area contributed by atoms with Crippen molar-refractivity contribution in [1.82, 2.24) is 4.98 Å². The molecule has 1 saturated carbocycles. The van der Waals surface area contributed by atoms with Crippen molar-refractivity contribution in [3.05, 3.63) is 53.5 Å². The van der Waals surface area contributed by atoms with Crippen LogP contribution in [0.2, 0.25) is 0 Å². The third-order valence-electron chi connectivity index (χ3n) is 5.53. The number of aryl methyl sites for hydroxylation is 1. The van der Waals surface area contributed by atoms with E-state index in [0.717, 1.165) is 30.0 Å². The minimum atomic E-state index is -0.162. The van der Waals surface area contributed by atoms with Gasteiger partial charge in [-0.3, -0.25) is 4.98 Å². The van der Waals surface area contributed by atoms with Gasteiger partial charge in [0.15, 0.2) is 0 Å². The first-order chi connectivity index (χ1) is 11.7. The van der Waals surface area contributed by atoms with Crippen LogP contribution in [0.1, 0.15) is 69.4 Å². The molecule has 24 heavy (non-hydrogen) atoms. The predicted octanol–water partition coefficient (Wildman–Crippen LogP) is 6.52. The average molecular weight is 325 g/mol. The Morgan fingerprint density at radius 1 is 1.04 bits per heavy atom. The van der Waals surface area contributed by atoms with Crippen LogP contribution in [0.3, 0.4) is 0 Å². The van der Waals surface area contributed by atoms with E-state index < -0.39 is 0 Å². The third kappa shape index (κ3) is 3.85. The van der Waals surface area contributed by atoms with Crippen LogP contribution in [0.15, 0.2) is 36.5 Å². The van der Waals surface area contributed by atoms with Crippen LogP contribution in [0.4, 0.5) is 4.39 Å². The minimum absolute atomic E-state index is 0.162. The highest BCUT2D eigenvalue weighted by Gasteiger charge is 2.21. The lowest BCUT2D eigenvalue weighted by molar-refractivity contribution is 0.318. The molecule has 2 aromatic rings. The molecule has 1 aliphatic carbocycles. The predicted molar refractivity (Wildman–Crippen MR) is 98.6 cm³/mol. The molecule has 0 radical (unpaired) electrons. The maximum Gasteiger partial charge on any atom is 0.132 e. The standard InChI is InChI=1S/C22H28FN/c1-3-5-17-8-12-20(21(23)14-17)22-13-11-19(15-24-22)18-9-6-16(4-2)7-10-18/h8,11-16,18H,3-7,9-10H2,1-2H3/t16-,18-. The Bertz CT molecular complexity index is 654. The molecule has 1 aromatic carbocycles. The molecule has 0 bridgehead atoms. The Hall–Kier alpha value is -1.70. The van der Waals surface area contributed by atoms with Gasteiger partial charge in [0.25, 0.3) is 0 Å². The largest absolute Gasteiger partial charge is 0.256 e. The lowest BCUT2D eigenvalue weighted by atomic mass is 9.78. The summed E-state index contributed by atoms with van der Waals surface area (Å²) in [7, 11) is 0. The summed E-state index contributed by atoms with van der Waals surface area (Å²) in [5.74, 6) is 1.37. The highest BCUT2D eigenvalue weighted by atomic mass is 19.1. The molecule has 128 valence electrons. The van der Waals surface area contributed by atoms with Gasteiger partial charge in [-0.2, -0.15) is 0 Å². The first-order valence-corrected chi connectivity index (χ1v) is 9.46. The summed E-state index contributed by atoms with van der Waals surface area (Å²) in [5.41, 5.74) is 3.72. The molecule has 0 saturated heterocycles. The lowest BCUT2D eigenvalue weighted by Crippen LogP contribution is -2.12. The maximum atomic E-state index is 14.4. The number of hydrogen-bond donors (Lipinski definition) is 0. The molecule has 1 nitrogen and oxygen atoms in total. The Morgan fingerprint density at radius 3 is 2.42 bits per heavy atom. The second-order valence-electron chi connectivity index (χ2n) is 7.17. The van der Waals surface area contributed by atoms with Gasteiger partial charge in [-0.25, -0.2) is 4.39 Å². The van der Waals surface area contributed by atoms with E-state index in [2.05, 4.69) is 24.9 Å². The average Bonchev–Trinajstić information content (AvgIpc) is 2.62. The molecule has 1 aliphatic rings. The summed E-state index contributed by atoms with van der Waals surface area (Å²) in [5, 5.41) is 0. The van der Waals surface area contributed by atoms with E-state index >= 15 is 0 Å². The molecular formula is C22H28FN. The molecule has 1 aromatic heterocycles. The fraction of sp³-hybridized carbons (Fsp3) is 0.500. The van der Waals surface area contributed by atoms with E-state index in [0.29, 0.717) is 11.5 Å². The van der Waals surface area contributed by atoms with Crippen LogP contribution in [0, 0.1) is 11.7 Å². The van der Waals surface area contributed by atoms with Crippen LogP contribution in [-0.2, 0) is 6.42 Å². The van der Waals surface area contributed by atoms with Crippen molar-refractivity contribution in [1.29, 1.82) is 0 Å². The normalized spacial score (nSPS) is 21.0. The van der Waals surface area contributed by atoms with Gasteiger partial charge in [-0.05, 0) is 73.3 Å². The molecule has 0 N–H and O–H groups in total. The summed E-state index contributed by atoms with van der Waals surface area (Å²) in [6.45, 7) is 4.40. The molecule has 0 amide bonds. The van der Waals surface area contributed by atoms with Crippen molar-refractivity contribution in [3.8, 4) is 11.3 Å². The fourth-order valence-corrected chi connectivity index (χ4v) is 3.92. The van der Waals surface area contributed by atoms with E-state index in [-0.39, 0.29) is 5.82 Å². The van der Waals surface area contributed by atoms with Crippen molar-refractivity contribution >= 4 is 0 Å². The molecule has 1 fully saturated rings. The topological polar surface area (TPSA) is 12.9 Å². The number of aromatic nitrogens is 1. The van der Waals surface area contributed by atoms with E-state index in [4.69, 9.17) is 0 Å². The van der Waals surface area contributed by atoms with Gasteiger partial charge in [0.05, 0.1) is 5.69 Å². The summed E-state index contributed by atoms with van der Waals surface area (Å²) in [6, 6.07) is 9.68. The molecule has 0 atom stereocenters. The van der Waals surface area contributed by atoms with Gasteiger partial charge in [0.1, 0.15) is 5.82 Å². The second kappa shape index (κ2) is 7.92. The first kappa shape index (κ1) is 17.1. The molecule has 0 aliphatic heterocycles. The number of pyridine rings is 1. The summed E-state index contributed by atoms with van der Waals surface area (Å²) >= 11 is 0. The molecule has 0 unspecified atom stereocenters. The quantitative estimate of drug-likeness (QED) is 0.609. The molecule has 3 rings (SSSR count). The van der Waals surface area contributed by atoms with E-state index in [1.165, 1.54) is 37.7 Å². The van der Waals surface area contributed by atoms with E-state index in [1.54, 1.807) is 6.07 Å². The molecular weight excluding hydrogens is 297 g/mol. The highest BCUT2D eigenvalue weighted by Crippen LogP contribution is 2.37. The van der Waals surface area contributed by atoms with Gasteiger partial charge >= 0.3 is 0 Å². The lowest BCUT2D eigenvalue weighted by Gasteiger charge is -2.27. The SMILES string of the molecule is CCCc1ccc(-c2ccc([C@H]3CC[C@H](CC)CC3)cn2)c(F)c1. The van der Waals surface area contributed by atoms with Gasteiger partial charge in [-0.15, -0.1) is 0 Å².